The monoisotopic (exact) mass is 496 g/mol. The van der Waals surface area contributed by atoms with Crippen LogP contribution in [-0.2, 0) is 16.0 Å². The number of nitrogens with zero attached hydrogens (tertiary/aromatic N) is 3. The summed E-state index contributed by atoms with van der Waals surface area (Å²) in [5.41, 5.74) is -0.528. The molecule has 0 aromatic heterocycles. The van der Waals surface area contributed by atoms with E-state index in [1.54, 1.807) is 29.2 Å². The number of piperidine rings is 1. The molecule has 192 valence electrons. The van der Waals surface area contributed by atoms with Gasteiger partial charge < -0.3 is 19.9 Å². The second-order valence-corrected chi connectivity index (χ2v) is 9.73. The molecular formula is C27H33FN4O4. The Balaban J connectivity index is 1.47. The van der Waals surface area contributed by atoms with Gasteiger partial charge in [0.05, 0.1) is 0 Å². The van der Waals surface area contributed by atoms with Gasteiger partial charge in [0, 0.05) is 32.6 Å². The standard InChI is InChI=1S/C27H33FN4O4/c1-30(2)15-16-32-25(34)27(29-26(32)35,18-20-7-6-8-22(28)17-20)21-11-13-31(14-12-21)24(33)19-36-23-9-4-3-5-10-23/h3-10,17,21H,11-16,18-19H2,1-2H3,(H,29,35)/t27-/m1/s1. The molecule has 0 spiro atoms. The Morgan fingerprint density at radius 2 is 1.83 bits per heavy atom. The van der Waals surface area contributed by atoms with Crippen LogP contribution in [0.5, 0.6) is 5.75 Å². The smallest absolute Gasteiger partial charge is 0.325 e. The molecule has 2 saturated heterocycles. The maximum absolute atomic E-state index is 14.0. The molecule has 2 aliphatic heterocycles. The summed E-state index contributed by atoms with van der Waals surface area (Å²) in [7, 11) is 3.76. The largest absolute Gasteiger partial charge is 0.484 e. The van der Waals surface area contributed by atoms with Crippen LogP contribution in [0.25, 0.3) is 0 Å². The van der Waals surface area contributed by atoms with Gasteiger partial charge in [-0.3, -0.25) is 14.5 Å². The van der Waals surface area contributed by atoms with Gasteiger partial charge in [-0.1, -0.05) is 30.3 Å². The van der Waals surface area contributed by atoms with E-state index in [0.29, 0.717) is 43.8 Å². The molecule has 9 heteroatoms. The Morgan fingerprint density at radius 3 is 2.50 bits per heavy atom. The van der Waals surface area contributed by atoms with E-state index in [9.17, 15) is 18.8 Å². The highest BCUT2D eigenvalue weighted by atomic mass is 19.1. The second-order valence-electron chi connectivity index (χ2n) is 9.73. The Morgan fingerprint density at radius 1 is 1.11 bits per heavy atom. The zero-order chi connectivity index (χ0) is 25.7. The summed E-state index contributed by atoms with van der Waals surface area (Å²) >= 11 is 0. The van der Waals surface area contributed by atoms with E-state index in [0.717, 1.165) is 0 Å². The predicted molar refractivity (Wildman–Crippen MR) is 133 cm³/mol. The lowest BCUT2D eigenvalue weighted by Gasteiger charge is -2.41. The van der Waals surface area contributed by atoms with Gasteiger partial charge in [-0.25, -0.2) is 9.18 Å². The van der Waals surface area contributed by atoms with Crippen LogP contribution in [0.3, 0.4) is 0 Å². The van der Waals surface area contributed by atoms with Crippen LogP contribution >= 0.6 is 0 Å². The van der Waals surface area contributed by atoms with Gasteiger partial charge in [0.25, 0.3) is 11.8 Å². The fourth-order valence-corrected chi connectivity index (χ4v) is 5.03. The zero-order valence-corrected chi connectivity index (χ0v) is 20.8. The number of imide groups is 1. The van der Waals surface area contributed by atoms with Crippen LogP contribution in [0.4, 0.5) is 9.18 Å². The summed E-state index contributed by atoms with van der Waals surface area (Å²) in [6.07, 6.45) is 1.28. The van der Waals surface area contributed by atoms with Crippen LogP contribution in [0, 0.1) is 11.7 Å². The zero-order valence-electron chi connectivity index (χ0n) is 20.8. The van der Waals surface area contributed by atoms with Crippen molar-refractivity contribution in [2.75, 3.05) is 46.9 Å². The molecule has 0 bridgehead atoms. The van der Waals surface area contributed by atoms with Crippen molar-refractivity contribution in [1.82, 2.24) is 20.0 Å². The van der Waals surface area contributed by atoms with E-state index in [1.165, 1.54) is 17.0 Å². The number of ether oxygens (including phenoxy) is 1. The number of likely N-dealkylation sites (tertiary alicyclic amines) is 1. The quantitative estimate of drug-likeness (QED) is 0.540. The lowest BCUT2D eigenvalue weighted by atomic mass is 9.74. The molecule has 0 saturated carbocycles. The first kappa shape index (κ1) is 25.6. The molecule has 0 radical (unpaired) electrons. The van der Waals surface area contributed by atoms with Gasteiger partial charge in [0.2, 0.25) is 0 Å². The molecule has 2 fully saturated rings. The normalized spacial score (nSPS) is 20.7. The molecule has 4 rings (SSSR count). The van der Waals surface area contributed by atoms with Crippen molar-refractivity contribution in [3.63, 3.8) is 0 Å². The summed E-state index contributed by atoms with van der Waals surface area (Å²) in [5.74, 6) is -0.350. The third-order valence-electron chi connectivity index (χ3n) is 6.99. The second kappa shape index (κ2) is 11.1. The first-order chi connectivity index (χ1) is 17.3. The van der Waals surface area contributed by atoms with Crippen molar-refractivity contribution in [3.8, 4) is 5.75 Å². The van der Waals surface area contributed by atoms with E-state index in [1.807, 2.05) is 37.2 Å². The molecule has 0 unspecified atom stereocenters. The van der Waals surface area contributed by atoms with Crippen molar-refractivity contribution in [2.24, 2.45) is 5.92 Å². The number of hydrogen-bond donors (Lipinski definition) is 1. The molecule has 2 aliphatic rings. The summed E-state index contributed by atoms with van der Waals surface area (Å²) in [4.78, 5) is 44.3. The summed E-state index contributed by atoms with van der Waals surface area (Å²) in [6, 6.07) is 14.9. The number of para-hydroxylation sites is 1. The Hall–Kier alpha value is -3.46. The number of urea groups is 1. The van der Waals surface area contributed by atoms with Gasteiger partial charge >= 0.3 is 6.03 Å². The summed E-state index contributed by atoms with van der Waals surface area (Å²) in [5, 5.41) is 2.99. The minimum Gasteiger partial charge on any atom is -0.484 e. The Kier molecular flexibility index (Phi) is 7.88. The van der Waals surface area contributed by atoms with Crippen molar-refractivity contribution < 1.29 is 23.5 Å². The fraction of sp³-hybridized carbons (Fsp3) is 0.444. The Labute approximate surface area is 211 Å². The molecule has 2 aromatic rings. The van der Waals surface area contributed by atoms with Crippen LogP contribution in [-0.4, -0.2) is 85.0 Å². The van der Waals surface area contributed by atoms with Crippen molar-refractivity contribution in [1.29, 1.82) is 0 Å². The van der Waals surface area contributed by atoms with E-state index < -0.39 is 11.6 Å². The molecule has 0 aliphatic carbocycles. The highest BCUT2D eigenvalue weighted by Gasteiger charge is 2.55. The van der Waals surface area contributed by atoms with E-state index in [-0.39, 0.29) is 43.1 Å². The minimum absolute atomic E-state index is 0.0584. The number of rotatable bonds is 9. The van der Waals surface area contributed by atoms with Gasteiger partial charge in [-0.15, -0.1) is 0 Å². The number of carbonyl (C=O) groups excluding carboxylic acids is 3. The van der Waals surface area contributed by atoms with Gasteiger partial charge in [0.1, 0.15) is 17.1 Å². The van der Waals surface area contributed by atoms with Crippen LogP contribution in [0.1, 0.15) is 18.4 Å². The molecule has 1 N–H and O–H groups in total. The van der Waals surface area contributed by atoms with Crippen LogP contribution in [0.2, 0.25) is 0 Å². The lowest BCUT2D eigenvalue weighted by molar-refractivity contribution is -0.137. The molecule has 4 amide bonds. The number of hydrogen-bond acceptors (Lipinski definition) is 5. The summed E-state index contributed by atoms with van der Waals surface area (Å²) < 4.78 is 19.6. The molecular weight excluding hydrogens is 463 g/mol. The Bertz CT molecular complexity index is 1090. The maximum Gasteiger partial charge on any atom is 0.325 e. The predicted octanol–water partition coefficient (Wildman–Crippen LogP) is 2.54. The highest BCUT2D eigenvalue weighted by molar-refractivity contribution is 6.07. The van der Waals surface area contributed by atoms with Gasteiger partial charge in [-0.2, -0.15) is 0 Å². The maximum atomic E-state index is 14.0. The van der Waals surface area contributed by atoms with Gasteiger partial charge in [0.15, 0.2) is 6.61 Å². The van der Waals surface area contributed by atoms with Crippen molar-refractivity contribution in [3.05, 3.63) is 66.0 Å². The van der Waals surface area contributed by atoms with Crippen molar-refractivity contribution >= 4 is 17.8 Å². The fourth-order valence-electron chi connectivity index (χ4n) is 5.03. The highest BCUT2D eigenvalue weighted by Crippen LogP contribution is 2.36. The van der Waals surface area contributed by atoms with E-state index in [4.69, 9.17) is 4.74 Å². The topological polar surface area (TPSA) is 82.2 Å². The average Bonchev–Trinajstić information content (AvgIpc) is 3.11. The number of benzene rings is 2. The molecule has 8 nitrogen and oxygen atoms in total. The third kappa shape index (κ3) is 5.67. The number of amides is 4. The average molecular weight is 497 g/mol. The third-order valence-corrected chi connectivity index (χ3v) is 6.99. The molecule has 2 aromatic carbocycles. The first-order valence-corrected chi connectivity index (χ1v) is 12.3. The minimum atomic E-state index is -1.17. The van der Waals surface area contributed by atoms with Crippen LogP contribution in [0.15, 0.2) is 54.6 Å². The molecule has 1 atom stereocenters. The molecule has 2 heterocycles. The number of halogens is 1. The van der Waals surface area contributed by atoms with Crippen LogP contribution < -0.4 is 10.1 Å². The first-order valence-electron chi connectivity index (χ1n) is 12.3. The van der Waals surface area contributed by atoms with Crippen molar-refractivity contribution in [2.45, 2.75) is 24.8 Å². The number of carbonyl (C=O) groups is 3. The molecule has 36 heavy (non-hydrogen) atoms. The summed E-state index contributed by atoms with van der Waals surface area (Å²) in [6.45, 7) is 1.66. The SMILES string of the molecule is CN(C)CCN1C(=O)N[C@](Cc2cccc(F)c2)(C2CCN(C(=O)COc3ccccc3)CC2)C1=O. The number of nitrogens with one attached hydrogen (secondary N) is 1. The van der Waals surface area contributed by atoms with E-state index in [2.05, 4.69) is 5.32 Å². The van der Waals surface area contributed by atoms with Gasteiger partial charge in [-0.05, 0) is 62.7 Å². The lowest BCUT2D eigenvalue weighted by Crippen LogP contribution is -2.58. The van der Waals surface area contributed by atoms with E-state index >= 15 is 0 Å². The number of likely N-dealkylation sites (N-methyl/N-ethyl adjacent to an activating group) is 1.